The highest BCUT2D eigenvalue weighted by Gasteiger charge is 2.58. The van der Waals surface area contributed by atoms with Gasteiger partial charge in [-0.1, -0.05) is 117 Å². The second-order valence-electron chi connectivity index (χ2n) is 13.2. The van der Waals surface area contributed by atoms with Crippen LogP contribution in [0.25, 0.3) is 0 Å². The fourth-order valence-corrected chi connectivity index (χ4v) is 6.58. The highest BCUT2D eigenvalue weighted by atomic mass is 14.6. The summed E-state index contributed by atoms with van der Waals surface area (Å²) in [6.07, 6.45) is 24.6. The summed E-state index contributed by atoms with van der Waals surface area (Å²) in [5, 5.41) is 0. The van der Waals surface area contributed by atoms with Gasteiger partial charge in [0, 0.05) is 0 Å². The van der Waals surface area contributed by atoms with Crippen LogP contribution in [0.5, 0.6) is 0 Å². The molecule has 0 amide bonds. The summed E-state index contributed by atoms with van der Waals surface area (Å²) in [7, 11) is 0. The third-order valence-electron chi connectivity index (χ3n) is 9.07. The Morgan fingerprint density at radius 2 is 1.73 bits per heavy atom. The second kappa shape index (κ2) is 12.8. The summed E-state index contributed by atoms with van der Waals surface area (Å²) < 4.78 is 0. The molecule has 33 heavy (non-hydrogen) atoms. The zero-order valence-corrected chi connectivity index (χ0v) is 24.0. The van der Waals surface area contributed by atoms with Crippen LogP contribution in [0.4, 0.5) is 0 Å². The molecular formula is C33H58. The first-order valence-corrected chi connectivity index (χ1v) is 14.6. The molecule has 0 saturated heterocycles. The maximum absolute atomic E-state index is 2.59. The monoisotopic (exact) mass is 454 g/mol. The van der Waals surface area contributed by atoms with E-state index in [1.807, 2.05) is 11.1 Å². The molecule has 2 rings (SSSR count). The molecule has 0 aromatic heterocycles. The molecule has 2 aliphatic rings. The number of rotatable bonds is 15. The van der Waals surface area contributed by atoms with Crippen molar-refractivity contribution in [1.82, 2.24) is 0 Å². The van der Waals surface area contributed by atoms with Gasteiger partial charge in [-0.2, -0.15) is 0 Å². The van der Waals surface area contributed by atoms with Crippen LogP contribution < -0.4 is 0 Å². The summed E-state index contributed by atoms with van der Waals surface area (Å²) in [4.78, 5) is 0. The second-order valence-corrected chi connectivity index (χ2v) is 13.2. The van der Waals surface area contributed by atoms with Crippen molar-refractivity contribution in [3.8, 4) is 0 Å². The molecule has 0 heteroatoms. The van der Waals surface area contributed by atoms with Crippen molar-refractivity contribution in [3.63, 3.8) is 0 Å². The SMILES string of the molecule is CCCCCC=CC(C)(C)CCCC(=C1CC2C1CC2(C)CC(C)C=CC(C)CC)C(C)C. The average Bonchev–Trinajstić information content (AvgIpc) is 2.73. The minimum absolute atomic E-state index is 0.342. The zero-order valence-electron chi connectivity index (χ0n) is 24.0. The topological polar surface area (TPSA) is 0 Å². The molecule has 0 bridgehead atoms. The van der Waals surface area contributed by atoms with Gasteiger partial charge in [-0.05, 0) is 91.8 Å². The van der Waals surface area contributed by atoms with Crippen LogP contribution in [-0.4, -0.2) is 0 Å². The normalized spacial score (nSPS) is 28.7. The Morgan fingerprint density at radius 1 is 1.03 bits per heavy atom. The minimum Gasteiger partial charge on any atom is -0.0880 e. The number of unbranched alkanes of at least 4 members (excludes halogenated alkanes) is 3. The van der Waals surface area contributed by atoms with Crippen LogP contribution >= 0.6 is 0 Å². The quantitative estimate of drug-likeness (QED) is 0.170. The van der Waals surface area contributed by atoms with E-state index < -0.39 is 0 Å². The molecule has 2 saturated carbocycles. The summed E-state index contributed by atoms with van der Waals surface area (Å²) in [6, 6.07) is 0. The van der Waals surface area contributed by atoms with Gasteiger partial charge in [0.1, 0.15) is 0 Å². The standard InChI is InChI=1S/C33H58/c1-10-12-13-14-15-20-32(7,8)21-16-17-28(25(3)4)29-22-31-30(29)24-33(31,9)23-27(6)19-18-26(5)11-2/h15,18-20,25-27,30-31H,10-14,16-17,21-24H2,1-9H3. The van der Waals surface area contributed by atoms with Crippen molar-refractivity contribution in [2.75, 3.05) is 0 Å². The number of hydrogen-bond donors (Lipinski definition) is 0. The van der Waals surface area contributed by atoms with Gasteiger partial charge in [0.25, 0.3) is 0 Å². The van der Waals surface area contributed by atoms with Gasteiger partial charge in [0.05, 0.1) is 0 Å². The molecule has 0 nitrogen and oxygen atoms in total. The molecule has 2 fully saturated rings. The maximum Gasteiger partial charge on any atom is -0.0158 e. The Kier molecular flexibility index (Phi) is 11.0. The molecule has 0 heterocycles. The number of allylic oxidation sites excluding steroid dienone is 6. The smallest absolute Gasteiger partial charge is 0.0158 e. The summed E-state index contributed by atoms with van der Waals surface area (Å²) in [6.45, 7) is 21.7. The van der Waals surface area contributed by atoms with Crippen molar-refractivity contribution in [2.45, 2.75) is 133 Å². The highest BCUT2D eigenvalue weighted by Crippen LogP contribution is 2.67. The van der Waals surface area contributed by atoms with Crippen molar-refractivity contribution in [3.05, 3.63) is 35.5 Å². The van der Waals surface area contributed by atoms with E-state index in [4.69, 9.17) is 0 Å². The van der Waals surface area contributed by atoms with Crippen molar-refractivity contribution < 1.29 is 0 Å². The van der Waals surface area contributed by atoms with Gasteiger partial charge >= 0.3 is 0 Å². The Labute approximate surface area is 208 Å². The van der Waals surface area contributed by atoms with Crippen LogP contribution in [0.2, 0.25) is 0 Å². The molecule has 0 radical (unpaired) electrons. The molecule has 0 spiro atoms. The molecule has 5 atom stereocenters. The highest BCUT2D eigenvalue weighted by molar-refractivity contribution is 5.33. The van der Waals surface area contributed by atoms with Crippen molar-refractivity contribution in [2.24, 2.45) is 40.4 Å². The van der Waals surface area contributed by atoms with Gasteiger partial charge in [-0.3, -0.25) is 0 Å². The van der Waals surface area contributed by atoms with E-state index in [9.17, 15) is 0 Å². The zero-order chi connectivity index (χ0) is 24.6. The molecule has 5 unspecified atom stereocenters. The Bertz CT molecular complexity index is 672. The molecular weight excluding hydrogens is 396 g/mol. The molecule has 0 aliphatic heterocycles. The molecule has 190 valence electrons. The summed E-state index contributed by atoms with van der Waals surface area (Å²) in [5.41, 5.74) is 4.63. The summed E-state index contributed by atoms with van der Waals surface area (Å²) in [5.74, 6) is 4.05. The van der Waals surface area contributed by atoms with E-state index in [0.717, 1.165) is 29.6 Å². The fourth-order valence-electron chi connectivity index (χ4n) is 6.58. The lowest BCUT2D eigenvalue weighted by molar-refractivity contribution is -0.0701. The van der Waals surface area contributed by atoms with Crippen LogP contribution in [0.15, 0.2) is 35.5 Å². The third kappa shape index (κ3) is 8.14. The lowest BCUT2D eigenvalue weighted by Gasteiger charge is -2.63. The lowest BCUT2D eigenvalue weighted by Crippen LogP contribution is -2.54. The predicted molar refractivity (Wildman–Crippen MR) is 149 cm³/mol. The first kappa shape index (κ1) is 28.5. The third-order valence-corrected chi connectivity index (χ3v) is 9.07. The van der Waals surface area contributed by atoms with Gasteiger partial charge in [-0.25, -0.2) is 0 Å². The van der Waals surface area contributed by atoms with Gasteiger partial charge < -0.3 is 0 Å². The lowest BCUT2D eigenvalue weighted by atomic mass is 9.41. The predicted octanol–water partition coefficient (Wildman–Crippen LogP) is 10.9. The van der Waals surface area contributed by atoms with E-state index in [1.165, 1.54) is 70.6 Å². The van der Waals surface area contributed by atoms with E-state index in [1.54, 1.807) is 0 Å². The minimum atomic E-state index is 0.342. The fraction of sp³-hybridized carbons (Fsp3) is 0.818. The Morgan fingerprint density at radius 3 is 2.30 bits per heavy atom. The summed E-state index contributed by atoms with van der Waals surface area (Å²) >= 11 is 0. The van der Waals surface area contributed by atoms with Crippen LogP contribution in [0.3, 0.4) is 0 Å². The van der Waals surface area contributed by atoms with Crippen LogP contribution in [0, 0.1) is 40.4 Å². The first-order chi connectivity index (χ1) is 15.5. The van der Waals surface area contributed by atoms with Crippen LogP contribution in [-0.2, 0) is 0 Å². The van der Waals surface area contributed by atoms with Gasteiger partial charge in [0.15, 0.2) is 0 Å². The molecule has 0 aromatic carbocycles. The largest absolute Gasteiger partial charge is 0.0880 e. The number of fused-ring (bicyclic) bond motifs is 1. The Balaban J connectivity index is 1.85. The molecule has 0 N–H and O–H groups in total. The van der Waals surface area contributed by atoms with E-state index in [-0.39, 0.29) is 0 Å². The molecule has 0 aromatic rings. The van der Waals surface area contributed by atoms with E-state index >= 15 is 0 Å². The Hall–Kier alpha value is -0.780. The van der Waals surface area contributed by atoms with Gasteiger partial charge in [-0.15, -0.1) is 0 Å². The molecule has 2 aliphatic carbocycles. The van der Waals surface area contributed by atoms with Crippen LogP contribution in [0.1, 0.15) is 133 Å². The van der Waals surface area contributed by atoms with E-state index in [2.05, 4.69) is 86.6 Å². The van der Waals surface area contributed by atoms with Gasteiger partial charge in [0.2, 0.25) is 0 Å². The number of hydrogen-bond acceptors (Lipinski definition) is 0. The average molecular weight is 455 g/mol. The first-order valence-electron chi connectivity index (χ1n) is 14.6. The van der Waals surface area contributed by atoms with Crippen molar-refractivity contribution in [1.29, 1.82) is 0 Å². The van der Waals surface area contributed by atoms with E-state index in [0.29, 0.717) is 10.8 Å². The maximum atomic E-state index is 2.59. The van der Waals surface area contributed by atoms with Crippen molar-refractivity contribution >= 4 is 0 Å².